The highest BCUT2D eigenvalue weighted by Crippen LogP contribution is 2.19. The van der Waals surface area contributed by atoms with Crippen molar-refractivity contribution in [2.24, 2.45) is 0 Å². The van der Waals surface area contributed by atoms with Crippen molar-refractivity contribution in [2.45, 2.75) is 26.2 Å². The highest BCUT2D eigenvalue weighted by atomic mass is 32.2. The Balaban J connectivity index is 2.81. The first-order valence-electron chi connectivity index (χ1n) is 6.52. The zero-order valence-corrected chi connectivity index (χ0v) is 12.9. The molecule has 1 rings (SSSR count). The maximum absolute atomic E-state index is 11.8. The number of sulfonamides is 1. The number of anilines is 1. The second-order valence-electron chi connectivity index (χ2n) is 4.53. The van der Waals surface area contributed by atoms with Crippen LogP contribution >= 0.6 is 0 Å². The highest BCUT2D eigenvalue weighted by Gasteiger charge is 2.17. The zero-order valence-electron chi connectivity index (χ0n) is 12.1. The fourth-order valence-corrected chi connectivity index (χ4v) is 2.82. The van der Waals surface area contributed by atoms with Crippen molar-refractivity contribution < 1.29 is 17.9 Å². The van der Waals surface area contributed by atoms with E-state index in [2.05, 4.69) is 4.74 Å². The molecule has 6 heteroatoms. The molecule has 0 aromatic heterocycles. The molecule has 0 atom stereocenters. The largest absolute Gasteiger partial charge is 0.469 e. The third kappa shape index (κ3) is 4.85. The Morgan fingerprint density at radius 1 is 1.25 bits per heavy atom. The van der Waals surface area contributed by atoms with Gasteiger partial charge < -0.3 is 4.74 Å². The van der Waals surface area contributed by atoms with Crippen LogP contribution in [-0.2, 0) is 26.0 Å². The van der Waals surface area contributed by atoms with Crippen LogP contribution in [0.25, 0.3) is 0 Å². The zero-order chi connectivity index (χ0) is 15.2. The summed E-state index contributed by atoms with van der Waals surface area (Å²) < 4.78 is 29.5. The Morgan fingerprint density at radius 2 is 1.85 bits per heavy atom. The Labute approximate surface area is 120 Å². The van der Waals surface area contributed by atoms with Gasteiger partial charge in [0.05, 0.1) is 19.1 Å². The molecule has 0 amide bonds. The number of rotatable bonds is 7. The number of carbonyl (C=O) groups excluding carboxylic acids is 1. The van der Waals surface area contributed by atoms with E-state index in [1.54, 1.807) is 12.1 Å². The monoisotopic (exact) mass is 299 g/mol. The average Bonchev–Trinajstić information content (AvgIpc) is 2.42. The van der Waals surface area contributed by atoms with Gasteiger partial charge in [-0.25, -0.2) is 8.42 Å². The van der Waals surface area contributed by atoms with Gasteiger partial charge in [0.1, 0.15) is 0 Å². The van der Waals surface area contributed by atoms with Crippen LogP contribution in [0.4, 0.5) is 5.69 Å². The second kappa shape index (κ2) is 7.28. The Hall–Kier alpha value is -1.56. The Kier molecular flexibility index (Phi) is 6.01. The van der Waals surface area contributed by atoms with Crippen LogP contribution in [0.2, 0.25) is 0 Å². The summed E-state index contributed by atoms with van der Waals surface area (Å²) in [5.41, 5.74) is 1.77. The lowest BCUT2D eigenvalue weighted by Crippen LogP contribution is -2.31. The van der Waals surface area contributed by atoms with Crippen LogP contribution in [-0.4, -0.2) is 34.3 Å². The van der Waals surface area contributed by atoms with E-state index < -0.39 is 10.0 Å². The molecule has 1 aromatic rings. The van der Waals surface area contributed by atoms with Gasteiger partial charge in [0.2, 0.25) is 10.0 Å². The van der Waals surface area contributed by atoms with Gasteiger partial charge in [0.15, 0.2) is 0 Å². The van der Waals surface area contributed by atoms with E-state index in [0.717, 1.165) is 12.0 Å². The molecule has 112 valence electrons. The van der Waals surface area contributed by atoms with Gasteiger partial charge in [-0.2, -0.15) is 0 Å². The fraction of sp³-hybridized carbons (Fsp3) is 0.500. The van der Waals surface area contributed by atoms with E-state index in [1.165, 1.54) is 17.7 Å². The van der Waals surface area contributed by atoms with Gasteiger partial charge in [-0.3, -0.25) is 9.10 Å². The number of hydrogen-bond acceptors (Lipinski definition) is 4. The minimum atomic E-state index is -3.36. The summed E-state index contributed by atoms with van der Waals surface area (Å²) in [6.45, 7) is 2.30. The van der Waals surface area contributed by atoms with Crippen LogP contribution in [0.1, 0.15) is 25.3 Å². The first kappa shape index (κ1) is 16.5. The molecule has 0 bridgehead atoms. The molecule has 0 spiro atoms. The van der Waals surface area contributed by atoms with Gasteiger partial charge in [-0.05, 0) is 30.5 Å². The van der Waals surface area contributed by atoms with Crippen molar-refractivity contribution in [3.63, 3.8) is 0 Å². The first-order valence-corrected chi connectivity index (χ1v) is 8.36. The van der Waals surface area contributed by atoms with Gasteiger partial charge in [0, 0.05) is 13.0 Å². The van der Waals surface area contributed by atoms with Crippen molar-refractivity contribution in [2.75, 3.05) is 24.2 Å². The van der Waals surface area contributed by atoms with Crippen molar-refractivity contribution in [1.29, 1.82) is 0 Å². The van der Waals surface area contributed by atoms with Crippen molar-refractivity contribution in [3.05, 3.63) is 29.8 Å². The minimum absolute atomic E-state index is 0.204. The predicted molar refractivity (Wildman–Crippen MR) is 79.3 cm³/mol. The molecular formula is C14H21NO4S. The summed E-state index contributed by atoms with van der Waals surface area (Å²) in [4.78, 5) is 11.1. The molecule has 0 unspecified atom stereocenters. The molecule has 1 aromatic carbocycles. The molecular weight excluding hydrogens is 278 g/mol. The average molecular weight is 299 g/mol. The molecule has 0 aliphatic rings. The number of esters is 1. The number of methoxy groups -OCH3 is 1. The van der Waals surface area contributed by atoms with Crippen molar-refractivity contribution in [3.8, 4) is 0 Å². The third-order valence-electron chi connectivity index (χ3n) is 3.00. The normalized spacial score (nSPS) is 11.2. The molecule has 0 aliphatic heterocycles. The molecule has 0 saturated carbocycles. The maximum atomic E-state index is 11.8. The summed E-state index contributed by atoms with van der Waals surface area (Å²) >= 11 is 0. The Morgan fingerprint density at radius 3 is 2.30 bits per heavy atom. The molecule has 0 fully saturated rings. The lowest BCUT2D eigenvalue weighted by molar-refractivity contribution is -0.140. The summed E-state index contributed by atoms with van der Waals surface area (Å²) in [5.74, 6) is -0.334. The standard InChI is InChI=1S/C14H21NO4S/c1-4-12-7-9-13(10-8-12)15(20(3,17)18)11-5-6-14(16)19-2/h7-10H,4-6,11H2,1-3H3. The molecule has 5 nitrogen and oxygen atoms in total. The van der Waals surface area contributed by atoms with E-state index in [9.17, 15) is 13.2 Å². The van der Waals surface area contributed by atoms with Crippen LogP contribution in [0.15, 0.2) is 24.3 Å². The molecule has 0 radical (unpaired) electrons. The lowest BCUT2D eigenvalue weighted by atomic mass is 10.1. The second-order valence-corrected chi connectivity index (χ2v) is 6.44. The predicted octanol–water partition coefficient (Wildman–Crippen LogP) is 1.97. The summed E-state index contributed by atoms with van der Waals surface area (Å²) in [5, 5.41) is 0. The fourth-order valence-electron chi connectivity index (χ4n) is 1.85. The lowest BCUT2D eigenvalue weighted by Gasteiger charge is -2.22. The van der Waals surface area contributed by atoms with Crippen LogP contribution in [0, 0.1) is 0 Å². The van der Waals surface area contributed by atoms with Gasteiger partial charge in [-0.1, -0.05) is 19.1 Å². The van der Waals surface area contributed by atoms with E-state index in [1.807, 2.05) is 19.1 Å². The Bertz CT molecular complexity index is 537. The van der Waals surface area contributed by atoms with E-state index in [4.69, 9.17) is 0 Å². The molecule has 0 aliphatic carbocycles. The number of ether oxygens (including phenoxy) is 1. The van der Waals surface area contributed by atoms with E-state index in [-0.39, 0.29) is 18.9 Å². The molecule has 0 N–H and O–H groups in total. The summed E-state index contributed by atoms with van der Waals surface area (Å²) in [7, 11) is -2.04. The van der Waals surface area contributed by atoms with Crippen LogP contribution in [0.5, 0.6) is 0 Å². The minimum Gasteiger partial charge on any atom is -0.469 e. The van der Waals surface area contributed by atoms with Gasteiger partial charge in [0.25, 0.3) is 0 Å². The molecule has 20 heavy (non-hydrogen) atoms. The van der Waals surface area contributed by atoms with Gasteiger partial charge in [-0.15, -0.1) is 0 Å². The SMILES string of the molecule is CCc1ccc(N(CCCC(=O)OC)S(C)(=O)=O)cc1. The summed E-state index contributed by atoms with van der Waals surface area (Å²) in [6.07, 6.45) is 2.70. The topological polar surface area (TPSA) is 63.7 Å². The number of hydrogen-bond donors (Lipinski definition) is 0. The van der Waals surface area contributed by atoms with Crippen LogP contribution < -0.4 is 4.31 Å². The van der Waals surface area contributed by atoms with E-state index in [0.29, 0.717) is 12.1 Å². The molecule has 0 heterocycles. The van der Waals surface area contributed by atoms with Crippen molar-refractivity contribution in [1.82, 2.24) is 0 Å². The third-order valence-corrected chi connectivity index (χ3v) is 4.20. The van der Waals surface area contributed by atoms with Crippen LogP contribution in [0.3, 0.4) is 0 Å². The van der Waals surface area contributed by atoms with Gasteiger partial charge >= 0.3 is 5.97 Å². The maximum Gasteiger partial charge on any atom is 0.305 e. The number of nitrogens with zero attached hydrogens (tertiary/aromatic N) is 1. The highest BCUT2D eigenvalue weighted by molar-refractivity contribution is 7.92. The number of carbonyl (C=O) groups is 1. The summed E-state index contributed by atoms with van der Waals surface area (Å²) in [6, 6.07) is 7.40. The molecule has 0 saturated heterocycles. The van der Waals surface area contributed by atoms with E-state index >= 15 is 0 Å². The smallest absolute Gasteiger partial charge is 0.305 e. The number of benzene rings is 1. The van der Waals surface area contributed by atoms with Crippen molar-refractivity contribution >= 4 is 21.7 Å². The number of aryl methyl sites for hydroxylation is 1. The first-order chi connectivity index (χ1) is 9.38. The quantitative estimate of drug-likeness (QED) is 0.722.